The van der Waals surface area contributed by atoms with Crippen LogP contribution in [0.3, 0.4) is 0 Å². The van der Waals surface area contributed by atoms with Crippen molar-refractivity contribution in [2.24, 2.45) is 5.92 Å². The Morgan fingerprint density at radius 3 is 2.50 bits per heavy atom. The normalized spacial score (nSPS) is 16.0. The van der Waals surface area contributed by atoms with Gasteiger partial charge < -0.3 is 5.32 Å². The molecule has 6 nitrogen and oxygen atoms in total. The highest BCUT2D eigenvalue weighted by Crippen LogP contribution is 2.25. The third-order valence-electron chi connectivity index (χ3n) is 4.35. The van der Waals surface area contributed by atoms with Crippen LogP contribution in [0, 0.1) is 5.92 Å². The van der Waals surface area contributed by atoms with Gasteiger partial charge in [-0.25, -0.2) is 12.7 Å². The van der Waals surface area contributed by atoms with Crippen LogP contribution in [-0.2, 0) is 14.8 Å². The molecule has 0 bridgehead atoms. The first-order valence-electron chi connectivity index (χ1n) is 8.30. The van der Waals surface area contributed by atoms with Crippen molar-refractivity contribution in [3.63, 3.8) is 0 Å². The maximum atomic E-state index is 12.2. The van der Waals surface area contributed by atoms with Crippen LogP contribution in [-0.4, -0.2) is 57.8 Å². The number of sulfonamides is 1. The zero-order chi connectivity index (χ0) is 17.7. The SMILES string of the molecule is CN(CC(=O)Nc1cccc(S(=O)(=O)N(C)C)c1)CC1CCCC1. The summed E-state index contributed by atoms with van der Waals surface area (Å²) >= 11 is 0. The number of anilines is 1. The molecular weight excluding hydrogens is 326 g/mol. The highest BCUT2D eigenvalue weighted by molar-refractivity contribution is 7.89. The van der Waals surface area contributed by atoms with E-state index in [9.17, 15) is 13.2 Å². The summed E-state index contributed by atoms with van der Waals surface area (Å²) in [5.41, 5.74) is 0.497. The largest absolute Gasteiger partial charge is 0.325 e. The predicted molar refractivity (Wildman–Crippen MR) is 95.4 cm³/mol. The Morgan fingerprint density at radius 1 is 1.21 bits per heavy atom. The number of hydrogen-bond acceptors (Lipinski definition) is 4. The minimum atomic E-state index is -3.50. The van der Waals surface area contributed by atoms with Gasteiger partial charge in [0.15, 0.2) is 0 Å². The molecule has 134 valence electrons. The lowest BCUT2D eigenvalue weighted by Gasteiger charge is -2.20. The Hall–Kier alpha value is -1.44. The maximum Gasteiger partial charge on any atom is 0.242 e. The predicted octanol–water partition coefficient (Wildman–Crippen LogP) is 2.00. The quantitative estimate of drug-likeness (QED) is 0.814. The molecule has 0 heterocycles. The second kappa shape index (κ2) is 8.09. The smallest absolute Gasteiger partial charge is 0.242 e. The maximum absolute atomic E-state index is 12.2. The monoisotopic (exact) mass is 353 g/mol. The molecule has 1 aliphatic carbocycles. The van der Waals surface area contributed by atoms with Crippen molar-refractivity contribution in [2.75, 3.05) is 39.5 Å². The third-order valence-corrected chi connectivity index (χ3v) is 6.17. The van der Waals surface area contributed by atoms with Crippen molar-refractivity contribution >= 4 is 21.6 Å². The summed E-state index contributed by atoms with van der Waals surface area (Å²) in [5, 5.41) is 2.79. The molecule has 7 heteroatoms. The molecule has 1 fully saturated rings. The Labute approximate surface area is 144 Å². The van der Waals surface area contributed by atoms with Crippen LogP contribution < -0.4 is 5.32 Å². The molecule has 1 amide bonds. The fraction of sp³-hybridized carbons (Fsp3) is 0.588. The van der Waals surface area contributed by atoms with Gasteiger partial charge in [-0.05, 0) is 44.0 Å². The summed E-state index contributed by atoms with van der Waals surface area (Å²) in [7, 11) is 1.42. The molecule has 0 radical (unpaired) electrons. The number of carbonyl (C=O) groups excluding carboxylic acids is 1. The molecular formula is C17H27N3O3S. The molecule has 1 aromatic carbocycles. The number of likely N-dealkylation sites (N-methyl/N-ethyl adjacent to an activating group) is 1. The van der Waals surface area contributed by atoms with Gasteiger partial charge in [0.2, 0.25) is 15.9 Å². The first kappa shape index (κ1) is 18.9. The average Bonchev–Trinajstić information content (AvgIpc) is 2.99. The zero-order valence-electron chi connectivity index (χ0n) is 14.7. The highest BCUT2D eigenvalue weighted by Gasteiger charge is 2.19. The van der Waals surface area contributed by atoms with Gasteiger partial charge in [0, 0.05) is 26.3 Å². The average molecular weight is 353 g/mol. The van der Waals surface area contributed by atoms with Crippen molar-refractivity contribution in [3.05, 3.63) is 24.3 Å². The van der Waals surface area contributed by atoms with E-state index < -0.39 is 10.0 Å². The lowest BCUT2D eigenvalue weighted by Crippen LogP contribution is -2.33. The van der Waals surface area contributed by atoms with E-state index in [-0.39, 0.29) is 10.8 Å². The number of carbonyl (C=O) groups is 1. The second-order valence-electron chi connectivity index (χ2n) is 6.71. The van der Waals surface area contributed by atoms with E-state index in [0.29, 0.717) is 18.2 Å². The van der Waals surface area contributed by atoms with Crippen LogP contribution in [0.2, 0.25) is 0 Å². The van der Waals surface area contributed by atoms with Crippen LogP contribution in [0.4, 0.5) is 5.69 Å². The van der Waals surface area contributed by atoms with Crippen molar-refractivity contribution in [1.29, 1.82) is 0 Å². The number of amides is 1. The molecule has 0 aromatic heterocycles. The Bertz CT molecular complexity index is 667. The number of rotatable bonds is 7. The minimum Gasteiger partial charge on any atom is -0.325 e. The number of benzene rings is 1. The van der Waals surface area contributed by atoms with Gasteiger partial charge in [-0.1, -0.05) is 18.9 Å². The lowest BCUT2D eigenvalue weighted by molar-refractivity contribution is -0.117. The Balaban J connectivity index is 1.94. The first-order chi connectivity index (χ1) is 11.3. The molecule has 0 atom stereocenters. The van der Waals surface area contributed by atoms with Gasteiger partial charge in [-0.3, -0.25) is 9.69 Å². The summed E-state index contributed by atoms with van der Waals surface area (Å²) in [6, 6.07) is 6.35. The lowest BCUT2D eigenvalue weighted by atomic mass is 10.1. The van der Waals surface area contributed by atoms with Crippen LogP contribution in [0.25, 0.3) is 0 Å². The van der Waals surface area contributed by atoms with E-state index in [1.54, 1.807) is 12.1 Å². The van der Waals surface area contributed by atoms with Gasteiger partial charge in [0.1, 0.15) is 0 Å². The van der Waals surface area contributed by atoms with Gasteiger partial charge in [0.05, 0.1) is 11.4 Å². The van der Waals surface area contributed by atoms with Crippen molar-refractivity contribution < 1.29 is 13.2 Å². The standard InChI is InChI=1S/C17H27N3O3S/c1-19(2)24(22,23)16-10-6-9-15(11-16)18-17(21)13-20(3)12-14-7-4-5-8-14/h6,9-11,14H,4-5,7-8,12-13H2,1-3H3,(H,18,21). The third kappa shape index (κ3) is 5.03. The molecule has 0 saturated heterocycles. The highest BCUT2D eigenvalue weighted by atomic mass is 32.2. The van der Waals surface area contributed by atoms with Crippen LogP contribution in [0.15, 0.2) is 29.2 Å². The molecule has 1 aromatic rings. The molecule has 1 aliphatic rings. The van der Waals surface area contributed by atoms with E-state index in [1.807, 2.05) is 11.9 Å². The fourth-order valence-electron chi connectivity index (χ4n) is 3.09. The summed E-state index contributed by atoms with van der Waals surface area (Å²) in [6.45, 7) is 1.24. The Kier molecular flexibility index (Phi) is 6.37. The molecule has 0 aliphatic heterocycles. The van der Waals surface area contributed by atoms with Gasteiger partial charge in [-0.2, -0.15) is 0 Å². The zero-order valence-corrected chi connectivity index (χ0v) is 15.5. The first-order valence-corrected chi connectivity index (χ1v) is 9.74. The number of hydrogen-bond donors (Lipinski definition) is 1. The van der Waals surface area contributed by atoms with E-state index in [1.165, 1.54) is 51.9 Å². The molecule has 0 unspecified atom stereocenters. The van der Waals surface area contributed by atoms with Crippen molar-refractivity contribution in [1.82, 2.24) is 9.21 Å². The topological polar surface area (TPSA) is 69.7 Å². The van der Waals surface area contributed by atoms with Crippen LogP contribution in [0.1, 0.15) is 25.7 Å². The summed E-state index contributed by atoms with van der Waals surface area (Å²) in [4.78, 5) is 14.4. The van der Waals surface area contributed by atoms with Gasteiger partial charge in [0.25, 0.3) is 0 Å². The fourth-order valence-corrected chi connectivity index (χ4v) is 4.04. The molecule has 2 rings (SSSR count). The van der Waals surface area contributed by atoms with Crippen molar-refractivity contribution in [2.45, 2.75) is 30.6 Å². The molecule has 0 spiro atoms. The Morgan fingerprint density at radius 2 is 1.88 bits per heavy atom. The van der Waals surface area contributed by atoms with Crippen molar-refractivity contribution in [3.8, 4) is 0 Å². The van der Waals surface area contributed by atoms with Gasteiger partial charge >= 0.3 is 0 Å². The second-order valence-corrected chi connectivity index (χ2v) is 8.86. The van der Waals surface area contributed by atoms with E-state index in [2.05, 4.69) is 5.32 Å². The van der Waals surface area contributed by atoms with E-state index >= 15 is 0 Å². The number of nitrogens with zero attached hydrogens (tertiary/aromatic N) is 2. The molecule has 1 saturated carbocycles. The van der Waals surface area contributed by atoms with Crippen LogP contribution >= 0.6 is 0 Å². The van der Waals surface area contributed by atoms with E-state index in [4.69, 9.17) is 0 Å². The summed E-state index contributed by atoms with van der Waals surface area (Å²) < 4.78 is 25.4. The van der Waals surface area contributed by atoms with Crippen LogP contribution in [0.5, 0.6) is 0 Å². The molecule has 24 heavy (non-hydrogen) atoms. The number of nitrogens with one attached hydrogen (secondary N) is 1. The van der Waals surface area contributed by atoms with Gasteiger partial charge in [-0.15, -0.1) is 0 Å². The molecule has 1 N–H and O–H groups in total. The summed E-state index contributed by atoms with van der Waals surface area (Å²) in [6.07, 6.45) is 5.07. The minimum absolute atomic E-state index is 0.130. The van der Waals surface area contributed by atoms with E-state index in [0.717, 1.165) is 10.8 Å². The summed E-state index contributed by atoms with van der Waals surface area (Å²) in [5.74, 6) is 0.561.